The van der Waals surface area contributed by atoms with Gasteiger partial charge >= 0.3 is 0 Å². The Morgan fingerprint density at radius 1 is 1.09 bits per heavy atom. The molecule has 0 aliphatic carbocycles. The first-order valence-electron chi connectivity index (χ1n) is 6.89. The predicted molar refractivity (Wildman–Crippen MR) is 86.5 cm³/mol. The zero-order valence-electron chi connectivity index (χ0n) is 12.5. The minimum absolute atomic E-state index is 0.209. The van der Waals surface area contributed by atoms with Gasteiger partial charge in [0.1, 0.15) is 0 Å². The van der Waals surface area contributed by atoms with E-state index < -0.39 is 10.0 Å². The van der Waals surface area contributed by atoms with E-state index in [0.717, 1.165) is 0 Å². The minimum atomic E-state index is -3.65. The summed E-state index contributed by atoms with van der Waals surface area (Å²) in [6.45, 7) is 2.34. The van der Waals surface area contributed by atoms with Crippen molar-refractivity contribution >= 4 is 21.6 Å². The van der Waals surface area contributed by atoms with Crippen LogP contribution in [0.3, 0.4) is 0 Å². The van der Waals surface area contributed by atoms with E-state index in [-0.39, 0.29) is 10.8 Å². The third kappa shape index (κ3) is 3.28. The normalized spacial score (nSPS) is 11.0. The number of anilines is 1. The molecule has 2 aromatic carbocycles. The van der Waals surface area contributed by atoms with Crippen molar-refractivity contribution in [2.45, 2.75) is 11.8 Å². The van der Waals surface area contributed by atoms with Gasteiger partial charge in [0.15, 0.2) is 0 Å². The second-order valence-corrected chi connectivity index (χ2v) is 6.66. The average Bonchev–Trinajstić information content (AvgIpc) is 2.55. The number of amides is 1. The Balaban J connectivity index is 2.36. The highest BCUT2D eigenvalue weighted by Crippen LogP contribution is 2.22. The highest BCUT2D eigenvalue weighted by Gasteiger charge is 2.21. The fourth-order valence-corrected chi connectivity index (χ4v) is 3.20. The number of nitrogens with zero attached hydrogens (tertiary/aromatic N) is 1. The van der Waals surface area contributed by atoms with Crippen molar-refractivity contribution in [2.24, 2.45) is 0 Å². The second kappa shape index (κ2) is 6.62. The molecule has 0 aliphatic heterocycles. The SMILES string of the molecule is CCNC(=O)c1cccc(N(C)S(=O)(=O)c2ccccc2)c1. The van der Waals surface area contributed by atoms with Crippen LogP contribution >= 0.6 is 0 Å². The number of carbonyl (C=O) groups is 1. The van der Waals surface area contributed by atoms with Gasteiger partial charge in [-0.05, 0) is 37.3 Å². The van der Waals surface area contributed by atoms with Gasteiger partial charge in [0.25, 0.3) is 15.9 Å². The molecule has 0 fully saturated rings. The lowest BCUT2D eigenvalue weighted by atomic mass is 10.2. The third-order valence-corrected chi connectivity index (χ3v) is 5.01. The van der Waals surface area contributed by atoms with E-state index in [0.29, 0.717) is 17.8 Å². The Morgan fingerprint density at radius 2 is 1.77 bits per heavy atom. The van der Waals surface area contributed by atoms with Crippen LogP contribution in [-0.4, -0.2) is 27.9 Å². The quantitative estimate of drug-likeness (QED) is 0.919. The molecule has 2 rings (SSSR count). The fourth-order valence-electron chi connectivity index (χ4n) is 1.99. The smallest absolute Gasteiger partial charge is 0.264 e. The molecule has 0 saturated heterocycles. The van der Waals surface area contributed by atoms with E-state index in [1.54, 1.807) is 54.6 Å². The van der Waals surface area contributed by atoms with Gasteiger partial charge in [0.2, 0.25) is 0 Å². The summed E-state index contributed by atoms with van der Waals surface area (Å²) in [5, 5.41) is 2.69. The van der Waals surface area contributed by atoms with Crippen LogP contribution in [0.25, 0.3) is 0 Å². The van der Waals surface area contributed by atoms with E-state index in [4.69, 9.17) is 0 Å². The van der Waals surface area contributed by atoms with Crippen molar-refractivity contribution in [3.8, 4) is 0 Å². The minimum Gasteiger partial charge on any atom is -0.352 e. The van der Waals surface area contributed by atoms with Gasteiger partial charge in [0.05, 0.1) is 10.6 Å². The first-order chi connectivity index (χ1) is 10.5. The molecular weight excluding hydrogens is 300 g/mol. The number of rotatable bonds is 5. The lowest BCUT2D eigenvalue weighted by Crippen LogP contribution is -2.27. The van der Waals surface area contributed by atoms with Crippen LogP contribution in [0.1, 0.15) is 17.3 Å². The zero-order chi connectivity index (χ0) is 16.2. The first kappa shape index (κ1) is 16.0. The van der Waals surface area contributed by atoms with Crippen molar-refractivity contribution in [3.63, 3.8) is 0 Å². The van der Waals surface area contributed by atoms with E-state index in [2.05, 4.69) is 5.32 Å². The molecule has 0 saturated carbocycles. The maximum atomic E-state index is 12.6. The summed E-state index contributed by atoms with van der Waals surface area (Å²) in [6, 6.07) is 14.7. The Kier molecular flexibility index (Phi) is 4.82. The number of nitrogens with one attached hydrogen (secondary N) is 1. The summed E-state index contributed by atoms with van der Waals surface area (Å²) in [5.74, 6) is -0.227. The van der Waals surface area contributed by atoms with Gasteiger partial charge < -0.3 is 5.32 Å². The maximum absolute atomic E-state index is 12.6. The van der Waals surface area contributed by atoms with Crippen molar-refractivity contribution in [1.29, 1.82) is 0 Å². The molecule has 1 amide bonds. The first-order valence-corrected chi connectivity index (χ1v) is 8.33. The standard InChI is InChI=1S/C16H18N2O3S/c1-3-17-16(19)13-8-7-9-14(12-13)18(2)22(20,21)15-10-5-4-6-11-15/h4-12H,3H2,1-2H3,(H,17,19). The van der Waals surface area contributed by atoms with E-state index >= 15 is 0 Å². The van der Waals surface area contributed by atoms with E-state index in [1.165, 1.54) is 11.4 Å². The number of carbonyl (C=O) groups excluding carboxylic acids is 1. The molecule has 0 aromatic heterocycles. The second-order valence-electron chi connectivity index (χ2n) is 4.70. The van der Waals surface area contributed by atoms with Crippen LogP contribution in [0, 0.1) is 0 Å². The van der Waals surface area contributed by atoms with Gasteiger partial charge in [-0.3, -0.25) is 9.10 Å². The predicted octanol–water partition coefficient (Wildman–Crippen LogP) is 2.26. The Labute approximate surface area is 130 Å². The van der Waals surface area contributed by atoms with Crippen LogP contribution in [0.15, 0.2) is 59.5 Å². The number of benzene rings is 2. The van der Waals surface area contributed by atoms with Crippen LogP contribution in [-0.2, 0) is 10.0 Å². The molecule has 1 N–H and O–H groups in total. The molecule has 0 bridgehead atoms. The summed E-state index contributed by atoms with van der Waals surface area (Å²) >= 11 is 0. The largest absolute Gasteiger partial charge is 0.352 e. The summed E-state index contributed by atoms with van der Waals surface area (Å²) in [5.41, 5.74) is 0.863. The van der Waals surface area contributed by atoms with Crippen LogP contribution in [0.4, 0.5) is 5.69 Å². The number of sulfonamides is 1. The van der Waals surface area contributed by atoms with Gasteiger partial charge in [-0.1, -0.05) is 24.3 Å². The molecule has 0 atom stereocenters. The van der Waals surface area contributed by atoms with Crippen molar-refractivity contribution in [3.05, 3.63) is 60.2 Å². The number of hydrogen-bond donors (Lipinski definition) is 1. The summed E-state index contributed by atoms with van der Waals surface area (Å²) in [4.78, 5) is 12.1. The summed E-state index contributed by atoms with van der Waals surface area (Å²) in [7, 11) is -2.17. The topological polar surface area (TPSA) is 66.5 Å². The lowest BCUT2D eigenvalue weighted by Gasteiger charge is -2.20. The fraction of sp³-hybridized carbons (Fsp3) is 0.188. The maximum Gasteiger partial charge on any atom is 0.264 e. The van der Waals surface area contributed by atoms with Crippen molar-refractivity contribution in [1.82, 2.24) is 5.32 Å². The highest BCUT2D eigenvalue weighted by molar-refractivity contribution is 7.92. The summed E-state index contributed by atoms with van der Waals surface area (Å²) < 4.78 is 26.3. The molecule has 116 valence electrons. The average molecular weight is 318 g/mol. The molecule has 0 aliphatic rings. The van der Waals surface area contributed by atoms with Crippen LogP contribution < -0.4 is 9.62 Å². The molecule has 5 nitrogen and oxygen atoms in total. The third-order valence-electron chi connectivity index (χ3n) is 3.21. The molecule has 22 heavy (non-hydrogen) atoms. The molecule has 6 heteroatoms. The molecule has 0 heterocycles. The monoisotopic (exact) mass is 318 g/mol. The molecule has 2 aromatic rings. The van der Waals surface area contributed by atoms with Gasteiger partial charge in [-0.25, -0.2) is 8.42 Å². The molecule has 0 spiro atoms. The molecule has 0 unspecified atom stereocenters. The van der Waals surface area contributed by atoms with E-state index in [9.17, 15) is 13.2 Å². The van der Waals surface area contributed by atoms with Gasteiger partial charge in [0, 0.05) is 19.2 Å². The van der Waals surface area contributed by atoms with Gasteiger partial charge in [-0.15, -0.1) is 0 Å². The van der Waals surface area contributed by atoms with Crippen LogP contribution in [0.2, 0.25) is 0 Å². The number of hydrogen-bond acceptors (Lipinski definition) is 3. The van der Waals surface area contributed by atoms with Crippen LogP contribution in [0.5, 0.6) is 0 Å². The van der Waals surface area contributed by atoms with Crippen molar-refractivity contribution < 1.29 is 13.2 Å². The lowest BCUT2D eigenvalue weighted by molar-refractivity contribution is 0.0956. The summed E-state index contributed by atoms with van der Waals surface area (Å²) in [6.07, 6.45) is 0. The highest BCUT2D eigenvalue weighted by atomic mass is 32.2. The molecule has 0 radical (unpaired) electrons. The Bertz CT molecular complexity index is 758. The Hall–Kier alpha value is -2.34. The Morgan fingerprint density at radius 3 is 2.41 bits per heavy atom. The van der Waals surface area contributed by atoms with Gasteiger partial charge in [-0.2, -0.15) is 0 Å². The zero-order valence-corrected chi connectivity index (χ0v) is 13.3. The van der Waals surface area contributed by atoms with E-state index in [1.807, 2.05) is 6.92 Å². The molecular formula is C16H18N2O3S. The van der Waals surface area contributed by atoms with Crippen molar-refractivity contribution in [2.75, 3.05) is 17.9 Å².